The van der Waals surface area contributed by atoms with Gasteiger partial charge in [0.15, 0.2) is 17.1 Å². The average Bonchev–Trinajstić information content (AvgIpc) is 3.35. The van der Waals surface area contributed by atoms with Crippen LogP contribution in [0.15, 0.2) is 41.3 Å². The summed E-state index contributed by atoms with van der Waals surface area (Å²) in [5, 5.41) is 5.67. The number of ether oxygens (including phenoxy) is 1. The number of rotatable bonds is 4. The van der Waals surface area contributed by atoms with Crippen molar-refractivity contribution in [1.29, 1.82) is 0 Å². The molecule has 11 heteroatoms. The Morgan fingerprint density at radius 2 is 1.80 bits per heavy atom. The van der Waals surface area contributed by atoms with E-state index >= 15 is 0 Å². The van der Waals surface area contributed by atoms with E-state index in [2.05, 4.69) is 15.4 Å². The molecule has 1 saturated heterocycles. The Morgan fingerprint density at radius 1 is 1.07 bits per heavy atom. The summed E-state index contributed by atoms with van der Waals surface area (Å²) in [6, 6.07) is 6.25. The highest BCUT2D eigenvalue weighted by Crippen LogP contribution is 2.45. The second-order valence-corrected chi connectivity index (χ2v) is 13.5. The van der Waals surface area contributed by atoms with Crippen molar-refractivity contribution in [2.75, 3.05) is 6.54 Å². The molecular weight excluding hydrogens is 544 g/mol. The topological polar surface area (TPSA) is 134 Å². The lowest BCUT2D eigenvalue weighted by atomic mass is 10.1. The van der Waals surface area contributed by atoms with Crippen LogP contribution < -0.4 is 15.4 Å². The molecule has 2 aliphatic heterocycles. The highest BCUT2D eigenvalue weighted by molar-refractivity contribution is 7.83. The second kappa shape index (κ2) is 12.8. The lowest BCUT2D eigenvalue weighted by Gasteiger charge is -2.30. The number of amides is 4. The Hall–Kier alpha value is -3.21. The molecule has 1 aliphatic carbocycles. The van der Waals surface area contributed by atoms with Gasteiger partial charge in [-0.1, -0.05) is 36.3 Å². The molecule has 1 aromatic rings. The van der Waals surface area contributed by atoms with Crippen LogP contribution >= 0.6 is 0 Å². The number of carbonyl (C=O) groups excluding carboxylic acids is 4. The molecule has 4 amide bonds. The van der Waals surface area contributed by atoms with Crippen LogP contribution in [-0.2, 0) is 30.1 Å². The molecule has 41 heavy (non-hydrogen) atoms. The average molecular weight is 587 g/mol. The highest BCUT2D eigenvalue weighted by atomic mass is 32.2. The van der Waals surface area contributed by atoms with Crippen LogP contribution in [-0.4, -0.2) is 62.7 Å². The van der Waals surface area contributed by atoms with Crippen LogP contribution in [0.2, 0.25) is 0 Å². The summed E-state index contributed by atoms with van der Waals surface area (Å²) in [5.74, 6) is -1.59. The normalized spacial score (nSPS) is 27.8. The van der Waals surface area contributed by atoms with E-state index in [1.807, 2.05) is 52.0 Å². The number of carbonyl (C=O) groups is 4. The quantitative estimate of drug-likeness (QED) is 0.463. The molecule has 3 N–H and O–H groups in total. The van der Waals surface area contributed by atoms with Crippen molar-refractivity contribution in [1.82, 2.24) is 20.3 Å². The summed E-state index contributed by atoms with van der Waals surface area (Å²) in [7, 11) is -1.79. The molecule has 224 valence electrons. The molecule has 2 fully saturated rings. The molecule has 0 radical (unpaired) electrons. The zero-order valence-corrected chi connectivity index (χ0v) is 25.2. The largest absolute Gasteiger partial charge is 0.436 e. The van der Waals surface area contributed by atoms with Gasteiger partial charge in [-0.2, -0.15) is 0 Å². The number of allylic oxidation sites excluding steroid dienone is 1. The minimum absolute atomic E-state index is 0.241. The van der Waals surface area contributed by atoms with Crippen LogP contribution in [0.4, 0.5) is 4.79 Å². The standard InChI is InChI=1S/C30H42N4O6S/c1-20-14-16-22(17-15-20)41(39)33-27(37)30-19-21(30)11-8-6-5-7-9-13-24(40-28(38)32-29(2,3)4)26(36)34-18-10-12-23(34)25(35)31-30/h8,11,14-17,21,23-24H,5-7,9-10,12-13,18-19H2,1-4H3,(H,31,35)(H,32,38)(H,33,37)/t21-,23+,24+,30-,41+/m1/s1. The number of hydrogen-bond acceptors (Lipinski definition) is 6. The maximum atomic E-state index is 13.7. The van der Waals surface area contributed by atoms with E-state index in [0.717, 1.165) is 24.8 Å². The van der Waals surface area contributed by atoms with Gasteiger partial charge in [-0.25, -0.2) is 9.00 Å². The van der Waals surface area contributed by atoms with E-state index in [1.165, 1.54) is 4.90 Å². The molecule has 0 spiro atoms. The third-order valence-corrected chi connectivity index (χ3v) is 8.80. The predicted octanol–water partition coefficient (Wildman–Crippen LogP) is 3.41. The zero-order chi connectivity index (χ0) is 29.8. The van der Waals surface area contributed by atoms with Crippen molar-refractivity contribution in [3.63, 3.8) is 0 Å². The molecule has 3 aliphatic rings. The van der Waals surface area contributed by atoms with E-state index in [-0.39, 0.29) is 5.92 Å². The highest BCUT2D eigenvalue weighted by Gasteiger charge is 2.61. The monoisotopic (exact) mass is 586 g/mol. The van der Waals surface area contributed by atoms with Crippen molar-refractivity contribution in [2.24, 2.45) is 5.92 Å². The molecule has 5 atom stereocenters. The van der Waals surface area contributed by atoms with E-state index in [9.17, 15) is 23.4 Å². The Bertz CT molecular complexity index is 1210. The first-order valence-electron chi connectivity index (χ1n) is 14.5. The van der Waals surface area contributed by atoms with E-state index in [0.29, 0.717) is 43.5 Å². The van der Waals surface area contributed by atoms with E-state index < -0.39 is 58.0 Å². The minimum Gasteiger partial charge on any atom is -0.436 e. The first-order chi connectivity index (χ1) is 19.4. The molecule has 0 aromatic heterocycles. The van der Waals surface area contributed by atoms with Gasteiger partial charge in [-0.05, 0) is 84.8 Å². The fourth-order valence-corrected chi connectivity index (χ4v) is 6.25. The molecule has 0 unspecified atom stereocenters. The van der Waals surface area contributed by atoms with Crippen LogP contribution in [0.3, 0.4) is 0 Å². The minimum atomic E-state index is -1.79. The molecule has 1 saturated carbocycles. The third kappa shape index (κ3) is 7.75. The Kier molecular flexibility index (Phi) is 9.56. The second-order valence-electron chi connectivity index (χ2n) is 12.3. The Labute approximate surface area is 244 Å². The number of hydrogen-bond donors (Lipinski definition) is 3. The molecule has 0 bridgehead atoms. The van der Waals surface area contributed by atoms with Crippen LogP contribution in [0.1, 0.15) is 77.7 Å². The van der Waals surface area contributed by atoms with Crippen molar-refractivity contribution < 1.29 is 28.1 Å². The number of nitrogens with one attached hydrogen (secondary N) is 3. The van der Waals surface area contributed by atoms with Gasteiger partial charge in [0.25, 0.3) is 11.8 Å². The smallest absolute Gasteiger partial charge is 0.408 e. The molecular formula is C30H42N4O6S. The maximum absolute atomic E-state index is 13.7. The number of nitrogens with zero attached hydrogens (tertiary/aromatic N) is 1. The van der Waals surface area contributed by atoms with Crippen LogP contribution in [0, 0.1) is 12.8 Å². The van der Waals surface area contributed by atoms with Gasteiger partial charge in [0.05, 0.1) is 4.90 Å². The SMILES string of the molecule is Cc1ccc([S@](=O)NC(=O)[C@@]23C[C@H]2C=CCCCCC[C@H](OC(=O)NC(C)(C)C)C(=O)N2CCC[C@H]2C(=O)N3)cc1. The van der Waals surface area contributed by atoms with Gasteiger partial charge in [-0.15, -0.1) is 0 Å². The van der Waals surface area contributed by atoms with Crippen LogP contribution in [0.25, 0.3) is 0 Å². The van der Waals surface area contributed by atoms with Gasteiger partial charge in [0, 0.05) is 18.0 Å². The van der Waals surface area contributed by atoms with Crippen molar-refractivity contribution in [3.05, 3.63) is 42.0 Å². The summed E-state index contributed by atoms with van der Waals surface area (Å²) >= 11 is 0. The van der Waals surface area contributed by atoms with Crippen LogP contribution in [0.5, 0.6) is 0 Å². The first kappa shape index (κ1) is 30.7. The molecule has 10 nitrogen and oxygen atoms in total. The zero-order valence-electron chi connectivity index (χ0n) is 24.4. The lowest BCUT2D eigenvalue weighted by molar-refractivity contribution is -0.146. The molecule has 2 heterocycles. The summed E-state index contributed by atoms with van der Waals surface area (Å²) in [6.07, 6.45) is 7.26. The maximum Gasteiger partial charge on any atom is 0.408 e. The lowest BCUT2D eigenvalue weighted by Crippen LogP contribution is -2.57. The van der Waals surface area contributed by atoms with Gasteiger partial charge >= 0.3 is 6.09 Å². The Balaban J connectivity index is 1.53. The third-order valence-electron chi connectivity index (χ3n) is 7.73. The Morgan fingerprint density at radius 3 is 2.51 bits per heavy atom. The summed E-state index contributed by atoms with van der Waals surface area (Å²) in [5.41, 5.74) is -0.759. The van der Waals surface area contributed by atoms with Gasteiger partial charge in [0.1, 0.15) is 11.6 Å². The number of alkyl carbamates (subject to hydrolysis) is 1. The number of fused-ring (bicyclic) bond motifs is 2. The summed E-state index contributed by atoms with van der Waals surface area (Å²) in [6.45, 7) is 7.76. The summed E-state index contributed by atoms with van der Waals surface area (Å²) < 4.78 is 21.1. The molecule has 1 aromatic carbocycles. The van der Waals surface area contributed by atoms with Crippen molar-refractivity contribution in [3.8, 4) is 0 Å². The fraction of sp³-hybridized carbons (Fsp3) is 0.600. The molecule has 4 rings (SSSR count). The van der Waals surface area contributed by atoms with E-state index in [1.54, 1.807) is 12.1 Å². The van der Waals surface area contributed by atoms with Gasteiger partial charge in [-0.3, -0.25) is 19.1 Å². The van der Waals surface area contributed by atoms with E-state index in [4.69, 9.17) is 4.74 Å². The number of aryl methyl sites for hydroxylation is 1. The predicted molar refractivity (Wildman–Crippen MR) is 155 cm³/mol. The number of benzene rings is 1. The first-order valence-corrected chi connectivity index (χ1v) is 15.6. The fourth-order valence-electron chi connectivity index (χ4n) is 5.40. The van der Waals surface area contributed by atoms with Crippen molar-refractivity contribution >= 4 is 34.8 Å². The van der Waals surface area contributed by atoms with Crippen molar-refractivity contribution in [2.45, 2.75) is 107 Å². The summed E-state index contributed by atoms with van der Waals surface area (Å²) in [4.78, 5) is 55.3. The van der Waals surface area contributed by atoms with Gasteiger partial charge in [0.2, 0.25) is 5.91 Å². The van der Waals surface area contributed by atoms with Gasteiger partial charge < -0.3 is 20.3 Å².